The van der Waals surface area contributed by atoms with E-state index in [0.29, 0.717) is 0 Å². The van der Waals surface area contributed by atoms with Gasteiger partial charge in [0.2, 0.25) is 0 Å². The summed E-state index contributed by atoms with van der Waals surface area (Å²) in [7, 11) is 2.07. The van der Waals surface area contributed by atoms with Gasteiger partial charge in [0, 0.05) is 24.6 Å². The summed E-state index contributed by atoms with van der Waals surface area (Å²) in [6, 6.07) is 10.7. The van der Waals surface area contributed by atoms with Crippen molar-refractivity contribution in [1.82, 2.24) is 4.57 Å². The first-order valence-electron chi connectivity index (χ1n) is 5.57. The Morgan fingerprint density at radius 1 is 1.12 bits per heavy atom. The molecule has 2 rings (SSSR count). The summed E-state index contributed by atoms with van der Waals surface area (Å²) < 4.78 is 2.13. The summed E-state index contributed by atoms with van der Waals surface area (Å²) in [5.41, 5.74) is 5.08. The lowest BCUT2D eigenvalue weighted by atomic mass is 10.1. The van der Waals surface area contributed by atoms with E-state index in [9.17, 15) is 0 Å². The molecule has 0 aliphatic rings. The van der Waals surface area contributed by atoms with Gasteiger partial charge < -0.3 is 9.88 Å². The molecule has 0 spiro atoms. The first kappa shape index (κ1) is 10.8. The van der Waals surface area contributed by atoms with Gasteiger partial charge in [-0.05, 0) is 49.2 Å². The normalized spacial score (nSPS) is 10.4. The van der Waals surface area contributed by atoms with Crippen LogP contribution in [-0.2, 0) is 13.6 Å². The summed E-state index contributed by atoms with van der Waals surface area (Å²) in [5.74, 6) is 0. The smallest absolute Gasteiger partial charge is 0.0553 e. The lowest BCUT2D eigenvalue weighted by Gasteiger charge is -2.09. The molecule has 0 radical (unpaired) electrons. The molecule has 2 heteroatoms. The van der Waals surface area contributed by atoms with E-state index in [0.717, 1.165) is 6.54 Å². The first-order valence-corrected chi connectivity index (χ1v) is 5.57. The van der Waals surface area contributed by atoms with E-state index < -0.39 is 0 Å². The molecular weight excluding hydrogens is 196 g/mol. The van der Waals surface area contributed by atoms with Crippen molar-refractivity contribution in [2.24, 2.45) is 7.05 Å². The molecule has 1 aromatic carbocycles. The number of anilines is 1. The van der Waals surface area contributed by atoms with Crippen molar-refractivity contribution < 1.29 is 0 Å². The Morgan fingerprint density at radius 2 is 1.81 bits per heavy atom. The number of aromatic nitrogens is 1. The van der Waals surface area contributed by atoms with E-state index in [-0.39, 0.29) is 0 Å². The predicted octanol–water partition coefficient (Wildman–Crippen LogP) is 3.25. The van der Waals surface area contributed by atoms with Gasteiger partial charge in [-0.2, -0.15) is 0 Å². The molecule has 0 aliphatic heterocycles. The van der Waals surface area contributed by atoms with Crippen LogP contribution in [-0.4, -0.2) is 4.57 Å². The highest BCUT2D eigenvalue weighted by Crippen LogP contribution is 2.14. The van der Waals surface area contributed by atoms with Crippen molar-refractivity contribution in [2.75, 3.05) is 5.32 Å². The van der Waals surface area contributed by atoms with Crippen LogP contribution >= 0.6 is 0 Å². The number of nitrogens with zero attached hydrogens (tertiary/aromatic N) is 1. The molecule has 0 unspecified atom stereocenters. The Morgan fingerprint density at radius 3 is 2.38 bits per heavy atom. The van der Waals surface area contributed by atoms with Crippen LogP contribution in [0.2, 0.25) is 0 Å². The summed E-state index contributed by atoms with van der Waals surface area (Å²) in [4.78, 5) is 0. The number of hydrogen-bond acceptors (Lipinski definition) is 1. The van der Waals surface area contributed by atoms with Crippen molar-refractivity contribution in [2.45, 2.75) is 20.4 Å². The van der Waals surface area contributed by atoms with E-state index in [1.165, 1.54) is 22.5 Å². The quantitative estimate of drug-likeness (QED) is 0.830. The van der Waals surface area contributed by atoms with Crippen molar-refractivity contribution in [1.29, 1.82) is 0 Å². The minimum Gasteiger partial charge on any atom is -0.379 e. The Balaban J connectivity index is 2.07. The molecule has 1 N–H and O–H groups in total. The summed E-state index contributed by atoms with van der Waals surface area (Å²) in [6.07, 6.45) is 2.07. The van der Waals surface area contributed by atoms with Crippen LogP contribution < -0.4 is 5.32 Å². The summed E-state index contributed by atoms with van der Waals surface area (Å²) in [6.45, 7) is 5.12. The molecule has 0 saturated carbocycles. The molecule has 16 heavy (non-hydrogen) atoms. The second kappa shape index (κ2) is 4.44. The van der Waals surface area contributed by atoms with Gasteiger partial charge in [0.15, 0.2) is 0 Å². The third-order valence-corrected chi connectivity index (χ3v) is 2.75. The maximum Gasteiger partial charge on any atom is 0.0553 e. The number of aryl methyl sites for hydroxylation is 3. The van der Waals surface area contributed by atoms with Crippen LogP contribution in [0.3, 0.4) is 0 Å². The zero-order valence-corrected chi connectivity index (χ0v) is 10.1. The highest BCUT2D eigenvalue weighted by Gasteiger charge is 1.98. The summed E-state index contributed by atoms with van der Waals surface area (Å²) >= 11 is 0. The minimum atomic E-state index is 0.867. The van der Waals surface area contributed by atoms with E-state index in [1.807, 2.05) is 0 Å². The van der Waals surface area contributed by atoms with E-state index in [2.05, 4.69) is 67.3 Å². The molecule has 84 valence electrons. The molecule has 0 bridgehead atoms. The van der Waals surface area contributed by atoms with E-state index >= 15 is 0 Å². The van der Waals surface area contributed by atoms with Gasteiger partial charge in [-0.25, -0.2) is 0 Å². The fraction of sp³-hybridized carbons (Fsp3) is 0.286. The van der Waals surface area contributed by atoms with Gasteiger partial charge in [0.25, 0.3) is 0 Å². The molecule has 0 fully saturated rings. The van der Waals surface area contributed by atoms with Crippen LogP contribution in [0.25, 0.3) is 0 Å². The van der Waals surface area contributed by atoms with Crippen LogP contribution in [0, 0.1) is 13.8 Å². The standard InChI is InChI=1S/C14H18N2/c1-11-7-12(2)9-13(8-11)15-10-14-5-4-6-16(14)3/h4-9,15H,10H2,1-3H3. The Kier molecular flexibility index (Phi) is 3.00. The van der Waals surface area contributed by atoms with Gasteiger partial charge in [0.1, 0.15) is 0 Å². The average Bonchev–Trinajstić information content (AvgIpc) is 2.59. The number of benzene rings is 1. The zero-order valence-electron chi connectivity index (χ0n) is 10.1. The third-order valence-electron chi connectivity index (χ3n) is 2.75. The Bertz CT molecular complexity index is 463. The molecular formula is C14H18N2. The number of hydrogen-bond donors (Lipinski definition) is 1. The highest BCUT2D eigenvalue weighted by molar-refractivity contribution is 5.48. The third kappa shape index (κ3) is 2.45. The summed E-state index contributed by atoms with van der Waals surface area (Å²) in [5, 5.41) is 3.45. The Hall–Kier alpha value is -1.70. The van der Waals surface area contributed by atoms with Crippen molar-refractivity contribution in [3.8, 4) is 0 Å². The monoisotopic (exact) mass is 214 g/mol. The second-order valence-corrected chi connectivity index (χ2v) is 4.34. The molecule has 0 aliphatic carbocycles. The van der Waals surface area contributed by atoms with E-state index in [1.54, 1.807) is 0 Å². The largest absolute Gasteiger partial charge is 0.379 e. The predicted molar refractivity (Wildman–Crippen MR) is 68.7 cm³/mol. The molecule has 2 aromatic rings. The fourth-order valence-corrected chi connectivity index (χ4v) is 1.95. The minimum absolute atomic E-state index is 0.867. The van der Waals surface area contributed by atoms with Crippen molar-refractivity contribution in [3.05, 3.63) is 53.3 Å². The number of rotatable bonds is 3. The maximum atomic E-state index is 3.45. The van der Waals surface area contributed by atoms with Crippen LogP contribution in [0.4, 0.5) is 5.69 Å². The maximum absolute atomic E-state index is 3.45. The fourth-order valence-electron chi connectivity index (χ4n) is 1.95. The number of nitrogens with one attached hydrogen (secondary N) is 1. The van der Waals surface area contributed by atoms with E-state index in [4.69, 9.17) is 0 Å². The lowest BCUT2D eigenvalue weighted by molar-refractivity contribution is 0.842. The molecule has 1 heterocycles. The lowest BCUT2D eigenvalue weighted by Crippen LogP contribution is -2.04. The second-order valence-electron chi connectivity index (χ2n) is 4.34. The van der Waals surface area contributed by atoms with Crippen molar-refractivity contribution in [3.63, 3.8) is 0 Å². The molecule has 2 nitrogen and oxygen atoms in total. The van der Waals surface area contributed by atoms with Gasteiger partial charge in [-0.1, -0.05) is 6.07 Å². The molecule has 0 atom stereocenters. The van der Waals surface area contributed by atoms with Gasteiger partial charge in [-0.15, -0.1) is 0 Å². The molecule has 1 aromatic heterocycles. The van der Waals surface area contributed by atoms with Crippen LogP contribution in [0.5, 0.6) is 0 Å². The van der Waals surface area contributed by atoms with Gasteiger partial charge in [0.05, 0.1) is 6.54 Å². The van der Waals surface area contributed by atoms with Crippen molar-refractivity contribution >= 4 is 5.69 Å². The zero-order chi connectivity index (χ0) is 11.5. The highest BCUT2D eigenvalue weighted by atomic mass is 15.0. The molecule has 0 amide bonds. The first-order chi connectivity index (χ1) is 7.65. The van der Waals surface area contributed by atoms with Crippen LogP contribution in [0.15, 0.2) is 36.5 Å². The molecule has 0 saturated heterocycles. The SMILES string of the molecule is Cc1cc(C)cc(NCc2cccn2C)c1. The Labute approximate surface area is 96.9 Å². The topological polar surface area (TPSA) is 17.0 Å². The average molecular weight is 214 g/mol. The van der Waals surface area contributed by atoms with Gasteiger partial charge >= 0.3 is 0 Å². The van der Waals surface area contributed by atoms with Gasteiger partial charge in [-0.3, -0.25) is 0 Å². The van der Waals surface area contributed by atoms with Crippen LogP contribution in [0.1, 0.15) is 16.8 Å².